The molecular formula is C14H24. The van der Waals surface area contributed by atoms with E-state index in [9.17, 15) is 0 Å². The topological polar surface area (TPSA) is 0 Å². The molecule has 0 atom stereocenters. The molecule has 0 amide bonds. The molecule has 0 radical (unpaired) electrons. The molecule has 0 nitrogen and oxygen atoms in total. The SMILES string of the molecule is C=C/C(C(=C)C)=C(\C=C/C)CC.CC. The van der Waals surface area contributed by atoms with Gasteiger partial charge in [-0.3, -0.25) is 0 Å². The van der Waals surface area contributed by atoms with Gasteiger partial charge in [-0.25, -0.2) is 0 Å². The highest BCUT2D eigenvalue weighted by molar-refractivity contribution is 5.44. The highest BCUT2D eigenvalue weighted by Crippen LogP contribution is 2.17. The molecular weight excluding hydrogens is 168 g/mol. The van der Waals surface area contributed by atoms with Gasteiger partial charge < -0.3 is 0 Å². The Morgan fingerprint density at radius 3 is 2.00 bits per heavy atom. The Bertz CT molecular complexity index is 226. The number of hydrogen-bond donors (Lipinski definition) is 0. The molecule has 14 heavy (non-hydrogen) atoms. The van der Waals surface area contributed by atoms with E-state index in [2.05, 4.69) is 26.2 Å². The minimum atomic E-state index is 1.03. The number of hydrogen-bond acceptors (Lipinski definition) is 0. The quantitative estimate of drug-likeness (QED) is 0.546. The fraction of sp³-hybridized carbons (Fsp3) is 0.429. The van der Waals surface area contributed by atoms with Gasteiger partial charge in [0, 0.05) is 0 Å². The van der Waals surface area contributed by atoms with Crippen LogP contribution in [0.3, 0.4) is 0 Å². The molecule has 0 heterocycles. The van der Waals surface area contributed by atoms with Crippen LogP contribution in [-0.2, 0) is 0 Å². The van der Waals surface area contributed by atoms with Crippen molar-refractivity contribution in [2.75, 3.05) is 0 Å². The van der Waals surface area contributed by atoms with Crippen LogP contribution in [0.25, 0.3) is 0 Å². The minimum absolute atomic E-state index is 1.03. The summed E-state index contributed by atoms with van der Waals surface area (Å²) in [4.78, 5) is 0. The first-order chi connectivity index (χ1) is 6.67. The summed E-state index contributed by atoms with van der Waals surface area (Å²) >= 11 is 0. The highest BCUT2D eigenvalue weighted by atomic mass is 14.0. The van der Waals surface area contributed by atoms with E-state index in [1.807, 2.05) is 39.8 Å². The van der Waals surface area contributed by atoms with Crippen molar-refractivity contribution >= 4 is 0 Å². The summed E-state index contributed by atoms with van der Waals surface area (Å²) < 4.78 is 0. The maximum absolute atomic E-state index is 3.91. The summed E-state index contributed by atoms with van der Waals surface area (Å²) in [5.41, 5.74) is 3.57. The highest BCUT2D eigenvalue weighted by Gasteiger charge is 1.98. The third-order valence-electron chi connectivity index (χ3n) is 1.76. The second kappa shape index (κ2) is 10.0. The van der Waals surface area contributed by atoms with Gasteiger partial charge in [-0.15, -0.1) is 0 Å². The standard InChI is InChI=1S/C12H18.C2H6/c1-6-9-11(7-2)12(8-3)10(4)5;1-2/h6,8-9H,3-4,7H2,1-2,5H3;1-2H3/b9-6-,12-11+;. The molecule has 0 fully saturated rings. The van der Waals surface area contributed by atoms with Crippen molar-refractivity contribution in [3.8, 4) is 0 Å². The lowest BCUT2D eigenvalue weighted by molar-refractivity contribution is 1.12. The normalized spacial score (nSPS) is 11.5. The number of rotatable bonds is 4. The van der Waals surface area contributed by atoms with E-state index in [1.165, 1.54) is 11.1 Å². The van der Waals surface area contributed by atoms with E-state index < -0.39 is 0 Å². The monoisotopic (exact) mass is 192 g/mol. The molecule has 0 heteroatoms. The molecule has 0 saturated carbocycles. The van der Waals surface area contributed by atoms with Crippen LogP contribution in [0.15, 0.2) is 48.1 Å². The predicted octanol–water partition coefficient (Wildman–Crippen LogP) is 5.06. The summed E-state index contributed by atoms with van der Waals surface area (Å²) in [7, 11) is 0. The van der Waals surface area contributed by atoms with Crippen molar-refractivity contribution < 1.29 is 0 Å². The molecule has 0 aromatic rings. The molecule has 0 aliphatic rings. The van der Waals surface area contributed by atoms with Crippen LogP contribution >= 0.6 is 0 Å². The van der Waals surface area contributed by atoms with Crippen LogP contribution < -0.4 is 0 Å². The predicted molar refractivity (Wildman–Crippen MR) is 68.5 cm³/mol. The number of allylic oxidation sites excluding steroid dienone is 6. The van der Waals surface area contributed by atoms with E-state index >= 15 is 0 Å². The molecule has 0 aromatic heterocycles. The Morgan fingerprint density at radius 1 is 1.29 bits per heavy atom. The average Bonchev–Trinajstić information content (AvgIpc) is 2.20. The maximum Gasteiger partial charge on any atom is -0.0207 e. The molecule has 0 spiro atoms. The fourth-order valence-electron chi connectivity index (χ4n) is 1.18. The second-order valence-corrected chi connectivity index (χ2v) is 2.78. The zero-order chi connectivity index (χ0) is 11.6. The Hall–Kier alpha value is -1.04. The van der Waals surface area contributed by atoms with Crippen molar-refractivity contribution in [2.45, 2.75) is 41.0 Å². The smallest absolute Gasteiger partial charge is 0.0207 e. The fourth-order valence-corrected chi connectivity index (χ4v) is 1.18. The zero-order valence-electron chi connectivity index (χ0n) is 10.4. The van der Waals surface area contributed by atoms with Gasteiger partial charge in [0.05, 0.1) is 0 Å². The van der Waals surface area contributed by atoms with Crippen molar-refractivity contribution in [3.63, 3.8) is 0 Å². The lowest BCUT2D eigenvalue weighted by Gasteiger charge is -2.05. The summed E-state index contributed by atoms with van der Waals surface area (Å²) in [6, 6.07) is 0. The second-order valence-electron chi connectivity index (χ2n) is 2.78. The van der Waals surface area contributed by atoms with Gasteiger partial charge in [0.25, 0.3) is 0 Å². The summed E-state index contributed by atoms with van der Waals surface area (Å²) in [5.74, 6) is 0. The van der Waals surface area contributed by atoms with E-state index in [0.29, 0.717) is 0 Å². The van der Waals surface area contributed by atoms with Crippen molar-refractivity contribution in [3.05, 3.63) is 48.1 Å². The van der Waals surface area contributed by atoms with E-state index in [-0.39, 0.29) is 0 Å². The van der Waals surface area contributed by atoms with E-state index in [0.717, 1.165) is 12.0 Å². The van der Waals surface area contributed by atoms with Gasteiger partial charge in [0.2, 0.25) is 0 Å². The molecule has 0 aliphatic heterocycles. The van der Waals surface area contributed by atoms with Gasteiger partial charge in [0.15, 0.2) is 0 Å². The van der Waals surface area contributed by atoms with Crippen molar-refractivity contribution in [2.24, 2.45) is 0 Å². The van der Waals surface area contributed by atoms with Crippen LogP contribution in [-0.4, -0.2) is 0 Å². The van der Waals surface area contributed by atoms with Crippen LogP contribution in [0.4, 0.5) is 0 Å². The largest absolute Gasteiger partial charge is 0.0985 e. The summed E-state index contributed by atoms with van der Waals surface area (Å²) in [6.07, 6.45) is 7.07. The van der Waals surface area contributed by atoms with Crippen LogP contribution in [0, 0.1) is 0 Å². The van der Waals surface area contributed by atoms with Gasteiger partial charge >= 0.3 is 0 Å². The summed E-state index contributed by atoms with van der Waals surface area (Å²) in [5, 5.41) is 0. The van der Waals surface area contributed by atoms with E-state index in [4.69, 9.17) is 0 Å². The van der Waals surface area contributed by atoms with Gasteiger partial charge in [-0.1, -0.05) is 57.7 Å². The first kappa shape index (κ1) is 15.4. The third kappa shape index (κ3) is 5.58. The molecule has 0 aromatic carbocycles. The van der Waals surface area contributed by atoms with Crippen molar-refractivity contribution in [1.82, 2.24) is 0 Å². The van der Waals surface area contributed by atoms with Crippen LogP contribution in [0.5, 0.6) is 0 Å². The molecule has 0 aliphatic carbocycles. The molecule has 0 rings (SSSR count). The van der Waals surface area contributed by atoms with Crippen molar-refractivity contribution in [1.29, 1.82) is 0 Å². The molecule has 0 saturated heterocycles. The first-order valence-electron chi connectivity index (χ1n) is 5.31. The summed E-state index contributed by atoms with van der Waals surface area (Å²) in [6.45, 7) is 17.9. The molecule has 0 N–H and O–H groups in total. The van der Waals surface area contributed by atoms with Crippen LogP contribution in [0.2, 0.25) is 0 Å². The Balaban J connectivity index is 0. The lowest BCUT2D eigenvalue weighted by Crippen LogP contribution is -1.86. The lowest BCUT2D eigenvalue weighted by atomic mass is 10.00. The zero-order valence-corrected chi connectivity index (χ0v) is 10.4. The van der Waals surface area contributed by atoms with Gasteiger partial charge in [-0.2, -0.15) is 0 Å². The van der Waals surface area contributed by atoms with E-state index in [1.54, 1.807) is 0 Å². The molecule has 0 unspecified atom stereocenters. The average molecular weight is 192 g/mol. The van der Waals surface area contributed by atoms with Crippen LogP contribution in [0.1, 0.15) is 41.0 Å². The maximum atomic E-state index is 3.91. The third-order valence-corrected chi connectivity index (χ3v) is 1.76. The Morgan fingerprint density at radius 2 is 1.79 bits per heavy atom. The Labute approximate surface area is 89.7 Å². The van der Waals surface area contributed by atoms with Gasteiger partial charge in [0.1, 0.15) is 0 Å². The van der Waals surface area contributed by atoms with Gasteiger partial charge in [-0.05, 0) is 31.4 Å². The first-order valence-corrected chi connectivity index (χ1v) is 5.31. The minimum Gasteiger partial charge on any atom is -0.0985 e. The molecule has 80 valence electrons. The molecule has 0 bridgehead atoms. The Kier molecular flexibility index (Phi) is 11.1.